The first kappa shape index (κ1) is 16.3. The zero-order chi connectivity index (χ0) is 17.0. The molecule has 1 atom stereocenters. The van der Waals surface area contributed by atoms with Gasteiger partial charge in [-0.05, 0) is 61.7 Å². The summed E-state index contributed by atoms with van der Waals surface area (Å²) in [5.41, 5.74) is 1.54. The second kappa shape index (κ2) is 6.06. The maximum Gasteiger partial charge on any atom is 0.240 e. The zero-order valence-electron chi connectivity index (χ0n) is 14.7. The lowest BCUT2D eigenvalue weighted by molar-refractivity contribution is -0.0533. The third kappa shape index (κ3) is 3.15. The van der Waals surface area contributed by atoms with Crippen molar-refractivity contribution in [2.75, 3.05) is 0 Å². The summed E-state index contributed by atoms with van der Waals surface area (Å²) in [6, 6.07) is 0. The van der Waals surface area contributed by atoms with E-state index >= 15 is 0 Å². The Kier molecular flexibility index (Phi) is 3.95. The van der Waals surface area contributed by atoms with E-state index in [1.807, 2.05) is 17.9 Å². The topological polar surface area (TPSA) is 56.7 Å². The highest BCUT2D eigenvalue weighted by atomic mass is 127. The molecule has 0 radical (unpaired) electrons. The van der Waals surface area contributed by atoms with Crippen molar-refractivity contribution in [3.8, 4) is 0 Å². The Morgan fingerprint density at radius 3 is 2.52 bits per heavy atom. The molecule has 0 aliphatic heterocycles. The molecule has 4 bridgehead atoms. The Bertz CT molecular complexity index is 732. The summed E-state index contributed by atoms with van der Waals surface area (Å²) in [5, 5.41) is 4.34. The monoisotopic (exact) mass is 452 g/mol. The van der Waals surface area contributed by atoms with E-state index in [0.29, 0.717) is 5.41 Å². The van der Waals surface area contributed by atoms with Crippen molar-refractivity contribution in [2.45, 2.75) is 55.3 Å². The van der Waals surface area contributed by atoms with E-state index in [1.165, 1.54) is 38.5 Å². The minimum absolute atomic E-state index is 0.185. The van der Waals surface area contributed by atoms with Crippen molar-refractivity contribution in [3.63, 3.8) is 0 Å². The molecule has 6 rings (SSSR count). The molecule has 4 aliphatic rings. The molecule has 6 heteroatoms. The highest BCUT2D eigenvalue weighted by Crippen LogP contribution is 2.60. The molecule has 4 aliphatic carbocycles. The maximum atomic E-state index is 5.62. The summed E-state index contributed by atoms with van der Waals surface area (Å²) in [6.07, 6.45) is 14.4. The lowest BCUT2D eigenvalue weighted by Gasteiger charge is -2.56. The van der Waals surface area contributed by atoms with E-state index in [-0.39, 0.29) is 3.92 Å². The molecule has 0 unspecified atom stereocenters. The largest absolute Gasteiger partial charge is 0.340 e. The van der Waals surface area contributed by atoms with Gasteiger partial charge in [0.05, 0.1) is 15.9 Å². The van der Waals surface area contributed by atoms with Gasteiger partial charge in [-0.25, -0.2) is 4.98 Å². The fourth-order valence-electron chi connectivity index (χ4n) is 6.15. The quantitative estimate of drug-likeness (QED) is 0.502. The normalized spacial score (nSPS) is 34.6. The van der Waals surface area contributed by atoms with Crippen LogP contribution in [0.4, 0.5) is 0 Å². The number of aromatic nitrogens is 4. The Balaban J connectivity index is 1.28. The summed E-state index contributed by atoms with van der Waals surface area (Å²) in [7, 11) is 2.00. The fraction of sp³-hybridized carbons (Fsp3) is 0.737. The first-order chi connectivity index (χ1) is 12.1. The van der Waals surface area contributed by atoms with Crippen LogP contribution in [0.25, 0.3) is 0 Å². The number of hydrogen-bond acceptors (Lipinski definition) is 4. The Labute approximate surface area is 162 Å². The molecular weight excluding hydrogens is 427 g/mol. The molecule has 0 amide bonds. The molecule has 2 heterocycles. The molecule has 4 saturated carbocycles. The van der Waals surface area contributed by atoms with Crippen molar-refractivity contribution < 1.29 is 4.52 Å². The van der Waals surface area contributed by atoms with Crippen LogP contribution in [-0.4, -0.2) is 19.7 Å². The molecule has 0 aromatic carbocycles. The summed E-state index contributed by atoms with van der Waals surface area (Å²) < 4.78 is 7.78. The molecule has 0 spiro atoms. The van der Waals surface area contributed by atoms with Gasteiger partial charge in [-0.15, -0.1) is 0 Å². The number of rotatable bonds is 5. The van der Waals surface area contributed by atoms with Crippen LogP contribution in [0, 0.1) is 23.2 Å². The van der Waals surface area contributed by atoms with E-state index in [1.54, 1.807) is 0 Å². The number of hydrogen-bond donors (Lipinski definition) is 0. The highest BCUT2D eigenvalue weighted by Gasteiger charge is 2.51. The van der Waals surface area contributed by atoms with Gasteiger partial charge >= 0.3 is 0 Å². The van der Waals surface area contributed by atoms with Crippen LogP contribution in [0.1, 0.15) is 59.9 Å². The predicted octanol–water partition coefficient (Wildman–Crippen LogP) is 4.28. The molecule has 0 saturated heterocycles. The predicted molar refractivity (Wildman–Crippen MR) is 102 cm³/mol. The number of alkyl halides is 1. The average molecular weight is 452 g/mol. The lowest BCUT2D eigenvalue weighted by Crippen LogP contribution is -2.47. The molecule has 5 nitrogen and oxygen atoms in total. The summed E-state index contributed by atoms with van der Waals surface area (Å²) in [6.45, 7) is 0. The van der Waals surface area contributed by atoms with Crippen molar-refractivity contribution in [1.29, 1.82) is 0 Å². The lowest BCUT2D eigenvalue weighted by atomic mass is 9.49. The standard InChI is InChI=1S/C19H25IN4O/c1-24-10-15(21-11-24)5-16(20)18-22-17(23-25-18)9-19-6-12-2-13(7-19)4-14(3-12)8-19/h10-14,16H,2-9H2,1H3/t12?,13?,14?,16-,19?/m0/s1. The van der Waals surface area contributed by atoms with Crippen LogP contribution in [-0.2, 0) is 19.9 Å². The smallest absolute Gasteiger partial charge is 0.240 e. The van der Waals surface area contributed by atoms with Crippen LogP contribution in [0.2, 0.25) is 0 Å². The third-order valence-electron chi connectivity index (χ3n) is 6.60. The van der Waals surface area contributed by atoms with Crippen LogP contribution in [0.15, 0.2) is 17.0 Å². The van der Waals surface area contributed by atoms with Gasteiger partial charge in [-0.2, -0.15) is 4.98 Å². The second-order valence-corrected chi connectivity index (χ2v) is 10.3. The van der Waals surface area contributed by atoms with Crippen LogP contribution < -0.4 is 0 Å². The summed E-state index contributed by atoms with van der Waals surface area (Å²) in [4.78, 5) is 9.17. The van der Waals surface area contributed by atoms with Crippen molar-refractivity contribution >= 4 is 22.6 Å². The second-order valence-electron chi connectivity index (χ2n) is 8.85. The van der Waals surface area contributed by atoms with E-state index in [2.05, 4.69) is 38.9 Å². The van der Waals surface area contributed by atoms with Gasteiger partial charge in [0.25, 0.3) is 0 Å². The Hall–Kier alpha value is -0.920. The number of aryl methyl sites for hydroxylation is 1. The molecule has 0 N–H and O–H groups in total. The first-order valence-corrected chi connectivity index (χ1v) is 10.7. The van der Waals surface area contributed by atoms with E-state index in [4.69, 9.17) is 9.51 Å². The van der Waals surface area contributed by atoms with Crippen LogP contribution in [0.3, 0.4) is 0 Å². The maximum absolute atomic E-state index is 5.62. The fourth-order valence-corrected chi connectivity index (χ4v) is 6.86. The van der Waals surface area contributed by atoms with Crippen molar-refractivity contribution in [1.82, 2.24) is 19.7 Å². The van der Waals surface area contributed by atoms with Gasteiger partial charge < -0.3 is 9.09 Å². The molecule has 2 aromatic rings. The molecule has 2 aromatic heterocycles. The minimum Gasteiger partial charge on any atom is -0.340 e. The third-order valence-corrected chi connectivity index (χ3v) is 7.57. The number of imidazole rings is 1. The highest BCUT2D eigenvalue weighted by molar-refractivity contribution is 14.1. The average Bonchev–Trinajstić information content (AvgIpc) is 3.14. The first-order valence-electron chi connectivity index (χ1n) is 9.50. The minimum atomic E-state index is 0.185. The molecule has 25 heavy (non-hydrogen) atoms. The summed E-state index contributed by atoms with van der Waals surface area (Å²) >= 11 is 2.40. The molecule has 134 valence electrons. The van der Waals surface area contributed by atoms with E-state index in [9.17, 15) is 0 Å². The van der Waals surface area contributed by atoms with Gasteiger partial charge in [0, 0.05) is 26.1 Å². The zero-order valence-corrected chi connectivity index (χ0v) is 16.9. The molecule has 4 fully saturated rings. The van der Waals surface area contributed by atoms with Gasteiger partial charge in [0.2, 0.25) is 5.89 Å². The van der Waals surface area contributed by atoms with Crippen molar-refractivity contribution in [2.24, 2.45) is 30.2 Å². The number of nitrogens with zero attached hydrogens (tertiary/aromatic N) is 4. The van der Waals surface area contributed by atoms with Gasteiger partial charge in [-0.1, -0.05) is 27.7 Å². The van der Waals surface area contributed by atoms with Gasteiger partial charge in [0.1, 0.15) is 0 Å². The van der Waals surface area contributed by atoms with E-state index < -0.39 is 0 Å². The van der Waals surface area contributed by atoms with Crippen LogP contribution in [0.5, 0.6) is 0 Å². The summed E-state index contributed by atoms with van der Waals surface area (Å²) in [5.74, 6) is 4.60. The number of halogens is 1. The SMILES string of the molecule is Cn1cnc(C[C@H](I)c2nc(CC34CC5CC(CC(C5)C3)C4)no2)c1. The van der Waals surface area contributed by atoms with E-state index in [0.717, 1.165) is 48.0 Å². The molecular formula is C19H25IN4O. The van der Waals surface area contributed by atoms with Gasteiger partial charge in [-0.3, -0.25) is 0 Å². The van der Waals surface area contributed by atoms with Crippen LogP contribution >= 0.6 is 22.6 Å². The Morgan fingerprint density at radius 2 is 1.92 bits per heavy atom. The Morgan fingerprint density at radius 1 is 1.24 bits per heavy atom. The van der Waals surface area contributed by atoms with Gasteiger partial charge in [0.15, 0.2) is 5.82 Å². The van der Waals surface area contributed by atoms with Crippen molar-refractivity contribution in [3.05, 3.63) is 29.9 Å².